The summed E-state index contributed by atoms with van der Waals surface area (Å²) in [6, 6.07) is 0. The average Bonchev–Trinajstić information content (AvgIpc) is 2.29. The maximum Gasteiger partial charge on any atom is 0.0710 e. The molecule has 0 aliphatic carbocycles. The third kappa shape index (κ3) is 4.09. The zero-order valence-electron chi connectivity index (χ0n) is 10.5. The molecule has 0 spiro atoms. The van der Waals surface area contributed by atoms with Crippen molar-refractivity contribution in [2.75, 3.05) is 26.7 Å². The van der Waals surface area contributed by atoms with Crippen molar-refractivity contribution in [1.29, 1.82) is 0 Å². The summed E-state index contributed by atoms with van der Waals surface area (Å²) in [5.41, 5.74) is 5.76. The van der Waals surface area contributed by atoms with E-state index in [0.717, 1.165) is 32.4 Å². The average molecular weight is 214 g/mol. The summed E-state index contributed by atoms with van der Waals surface area (Å²) in [7, 11) is 2.19. The maximum absolute atomic E-state index is 6.14. The first-order chi connectivity index (χ1) is 7.08. The monoisotopic (exact) mass is 214 g/mol. The van der Waals surface area contributed by atoms with E-state index in [1.807, 2.05) is 0 Å². The van der Waals surface area contributed by atoms with E-state index in [2.05, 4.69) is 25.8 Å². The van der Waals surface area contributed by atoms with Crippen LogP contribution < -0.4 is 5.73 Å². The van der Waals surface area contributed by atoms with Crippen molar-refractivity contribution in [1.82, 2.24) is 4.90 Å². The third-order valence-corrected chi connectivity index (χ3v) is 3.21. The van der Waals surface area contributed by atoms with Gasteiger partial charge in [-0.3, -0.25) is 0 Å². The highest BCUT2D eigenvalue weighted by Crippen LogP contribution is 2.30. The Hall–Kier alpha value is -0.120. The lowest BCUT2D eigenvalue weighted by atomic mass is 9.90. The molecule has 15 heavy (non-hydrogen) atoms. The Kier molecular flexibility index (Phi) is 5.03. The van der Waals surface area contributed by atoms with Crippen LogP contribution in [0.5, 0.6) is 0 Å². The molecule has 1 aliphatic heterocycles. The van der Waals surface area contributed by atoms with Crippen LogP contribution in [0.25, 0.3) is 0 Å². The number of hydrogen-bond acceptors (Lipinski definition) is 3. The fourth-order valence-corrected chi connectivity index (χ4v) is 2.49. The summed E-state index contributed by atoms with van der Waals surface area (Å²) < 4.78 is 6.14. The van der Waals surface area contributed by atoms with E-state index in [4.69, 9.17) is 10.5 Å². The summed E-state index contributed by atoms with van der Waals surface area (Å²) in [6.07, 6.45) is 4.81. The van der Waals surface area contributed by atoms with Crippen molar-refractivity contribution in [3.05, 3.63) is 0 Å². The molecular weight excluding hydrogens is 188 g/mol. The van der Waals surface area contributed by atoms with Crippen molar-refractivity contribution in [3.8, 4) is 0 Å². The van der Waals surface area contributed by atoms with Crippen molar-refractivity contribution in [2.45, 2.75) is 51.2 Å². The molecule has 3 nitrogen and oxygen atoms in total. The summed E-state index contributed by atoms with van der Waals surface area (Å²) in [5.74, 6) is 0. The van der Waals surface area contributed by atoms with Gasteiger partial charge in [0.25, 0.3) is 0 Å². The quantitative estimate of drug-likeness (QED) is 0.773. The molecule has 0 aromatic rings. The van der Waals surface area contributed by atoms with Crippen molar-refractivity contribution in [2.24, 2.45) is 5.73 Å². The Morgan fingerprint density at radius 3 is 2.67 bits per heavy atom. The van der Waals surface area contributed by atoms with Gasteiger partial charge in [-0.2, -0.15) is 0 Å². The lowest BCUT2D eigenvalue weighted by Crippen LogP contribution is -2.38. The summed E-state index contributed by atoms with van der Waals surface area (Å²) in [6.45, 7) is 7.29. The fraction of sp³-hybridized carbons (Fsp3) is 1.00. The zero-order chi connectivity index (χ0) is 11.3. The first-order valence-corrected chi connectivity index (χ1v) is 6.14. The summed E-state index contributed by atoms with van der Waals surface area (Å²) in [4.78, 5) is 2.39. The number of nitrogens with zero attached hydrogens (tertiary/aromatic N) is 1. The van der Waals surface area contributed by atoms with Gasteiger partial charge in [-0.05, 0) is 59.7 Å². The smallest absolute Gasteiger partial charge is 0.0710 e. The molecule has 1 atom stereocenters. The Balaban J connectivity index is 2.61. The number of rotatable bonds is 4. The second-order valence-corrected chi connectivity index (χ2v) is 5.05. The molecule has 90 valence electrons. The van der Waals surface area contributed by atoms with Gasteiger partial charge in [-0.15, -0.1) is 0 Å². The number of ether oxygens (including phenoxy) is 1. The van der Waals surface area contributed by atoms with Gasteiger partial charge in [0, 0.05) is 6.54 Å². The topological polar surface area (TPSA) is 38.5 Å². The lowest BCUT2D eigenvalue weighted by molar-refractivity contribution is -0.0918. The van der Waals surface area contributed by atoms with E-state index in [1.165, 1.54) is 13.0 Å². The molecule has 0 radical (unpaired) electrons. The van der Waals surface area contributed by atoms with E-state index in [0.29, 0.717) is 6.10 Å². The van der Waals surface area contributed by atoms with Gasteiger partial charge in [0.05, 0.1) is 11.7 Å². The van der Waals surface area contributed by atoms with Gasteiger partial charge < -0.3 is 15.4 Å². The minimum Gasteiger partial charge on any atom is -0.372 e. The van der Waals surface area contributed by atoms with Crippen LogP contribution in [0.4, 0.5) is 0 Å². The second kappa shape index (κ2) is 5.83. The molecule has 0 bridgehead atoms. The van der Waals surface area contributed by atoms with Crippen LogP contribution in [0.3, 0.4) is 0 Å². The standard InChI is InChI=1S/C12H26N2O/c1-11(2)15-12(6-8-13)5-4-9-14(3)10-7-12/h11H,4-10,13H2,1-3H3. The summed E-state index contributed by atoms with van der Waals surface area (Å²) >= 11 is 0. The Morgan fingerprint density at radius 2 is 2.07 bits per heavy atom. The van der Waals surface area contributed by atoms with Crippen LogP contribution in [0, 0.1) is 0 Å². The summed E-state index contributed by atoms with van der Waals surface area (Å²) in [5, 5.41) is 0. The van der Waals surface area contributed by atoms with Crippen molar-refractivity contribution >= 4 is 0 Å². The third-order valence-electron chi connectivity index (χ3n) is 3.21. The zero-order valence-corrected chi connectivity index (χ0v) is 10.5. The van der Waals surface area contributed by atoms with Crippen LogP contribution in [-0.2, 0) is 4.74 Å². The first kappa shape index (κ1) is 12.9. The van der Waals surface area contributed by atoms with Crippen LogP contribution in [-0.4, -0.2) is 43.3 Å². The lowest BCUT2D eigenvalue weighted by Gasteiger charge is -2.34. The molecule has 0 aromatic heterocycles. The normalized spacial score (nSPS) is 29.4. The first-order valence-electron chi connectivity index (χ1n) is 6.14. The molecule has 3 heteroatoms. The molecule has 0 aromatic carbocycles. The predicted molar refractivity (Wildman–Crippen MR) is 64.0 cm³/mol. The fourth-order valence-electron chi connectivity index (χ4n) is 2.49. The molecule has 1 saturated heterocycles. The van der Waals surface area contributed by atoms with Crippen LogP contribution >= 0.6 is 0 Å². The highest BCUT2D eigenvalue weighted by Gasteiger charge is 2.32. The SMILES string of the molecule is CC(C)OC1(CCN)CCCN(C)CC1. The van der Waals surface area contributed by atoms with E-state index in [9.17, 15) is 0 Å². The predicted octanol–water partition coefficient (Wildman–Crippen LogP) is 1.61. The molecular formula is C12H26N2O. The van der Waals surface area contributed by atoms with E-state index in [-0.39, 0.29) is 5.60 Å². The molecule has 1 fully saturated rings. The number of nitrogens with two attached hydrogens (primary N) is 1. The number of hydrogen-bond donors (Lipinski definition) is 1. The molecule has 1 heterocycles. The highest BCUT2D eigenvalue weighted by atomic mass is 16.5. The van der Waals surface area contributed by atoms with Gasteiger partial charge in [0.1, 0.15) is 0 Å². The Morgan fingerprint density at radius 1 is 1.33 bits per heavy atom. The minimum absolute atomic E-state index is 0.0493. The molecule has 0 amide bonds. The minimum atomic E-state index is 0.0493. The van der Waals surface area contributed by atoms with Gasteiger partial charge >= 0.3 is 0 Å². The van der Waals surface area contributed by atoms with Gasteiger partial charge in [0.15, 0.2) is 0 Å². The molecule has 1 aliphatic rings. The van der Waals surface area contributed by atoms with E-state index < -0.39 is 0 Å². The van der Waals surface area contributed by atoms with Crippen molar-refractivity contribution in [3.63, 3.8) is 0 Å². The van der Waals surface area contributed by atoms with Gasteiger partial charge in [-0.25, -0.2) is 0 Å². The van der Waals surface area contributed by atoms with Crippen LogP contribution in [0.2, 0.25) is 0 Å². The Labute approximate surface area is 94.0 Å². The van der Waals surface area contributed by atoms with Crippen LogP contribution in [0.15, 0.2) is 0 Å². The van der Waals surface area contributed by atoms with Crippen molar-refractivity contribution < 1.29 is 4.74 Å². The molecule has 2 N–H and O–H groups in total. The highest BCUT2D eigenvalue weighted by molar-refractivity contribution is 4.85. The Bertz CT molecular complexity index is 184. The van der Waals surface area contributed by atoms with Gasteiger partial charge in [-0.1, -0.05) is 0 Å². The maximum atomic E-state index is 6.14. The van der Waals surface area contributed by atoms with Crippen LogP contribution in [0.1, 0.15) is 39.5 Å². The molecule has 0 saturated carbocycles. The largest absolute Gasteiger partial charge is 0.372 e. The number of likely N-dealkylation sites (tertiary alicyclic amines) is 1. The molecule has 1 unspecified atom stereocenters. The second-order valence-electron chi connectivity index (χ2n) is 5.05. The van der Waals surface area contributed by atoms with E-state index in [1.54, 1.807) is 0 Å². The van der Waals surface area contributed by atoms with Gasteiger partial charge in [0.2, 0.25) is 0 Å². The van der Waals surface area contributed by atoms with E-state index >= 15 is 0 Å². The molecule has 1 rings (SSSR count).